The lowest BCUT2D eigenvalue weighted by Gasteiger charge is -2.39. The summed E-state index contributed by atoms with van der Waals surface area (Å²) in [5.74, 6) is -0.447. The van der Waals surface area contributed by atoms with Crippen molar-refractivity contribution in [3.8, 4) is 56.8 Å². The lowest BCUT2D eigenvalue weighted by atomic mass is 9.73. The average molecular weight is 1140 g/mol. The number of esters is 1. The van der Waals surface area contributed by atoms with Crippen molar-refractivity contribution in [2.24, 2.45) is 11.3 Å². The van der Waals surface area contributed by atoms with E-state index in [1.54, 1.807) is 38.5 Å². The van der Waals surface area contributed by atoms with Gasteiger partial charge in [0.15, 0.2) is 11.6 Å². The van der Waals surface area contributed by atoms with Crippen LogP contribution in [0.5, 0.6) is 11.5 Å². The summed E-state index contributed by atoms with van der Waals surface area (Å²) in [5.41, 5.74) is 2.59. The number of aromatic amines is 1. The number of nitrogens with zero attached hydrogens (tertiary/aromatic N) is 7. The molecule has 0 amide bonds. The largest absolute Gasteiger partial charge is 0.490 e. The Hall–Kier alpha value is -6.85. The fraction of sp³-hybridized carbons (Fsp3) is 0.500. The van der Waals surface area contributed by atoms with E-state index in [9.17, 15) is 31.1 Å². The Morgan fingerprint density at radius 1 is 0.713 bits per heavy atom. The highest BCUT2D eigenvalue weighted by atomic mass is 28.3. The van der Waals surface area contributed by atoms with E-state index in [1.165, 1.54) is 12.4 Å². The third-order valence-electron chi connectivity index (χ3n) is 13.2. The van der Waals surface area contributed by atoms with Crippen LogP contribution in [0.1, 0.15) is 83.8 Å². The lowest BCUT2D eigenvalue weighted by Crippen LogP contribution is -2.45. The number of methoxy groups -OCH3 is 2. The highest BCUT2D eigenvalue weighted by Crippen LogP contribution is 2.41. The third-order valence-corrected chi connectivity index (χ3v) is 14.9. The molecule has 0 unspecified atom stereocenters. The van der Waals surface area contributed by atoms with Crippen molar-refractivity contribution in [2.75, 3.05) is 34.0 Å². The molecule has 24 heteroatoms. The van der Waals surface area contributed by atoms with Gasteiger partial charge < -0.3 is 28.4 Å². The fourth-order valence-electron chi connectivity index (χ4n) is 8.98. The quantitative estimate of drug-likeness (QED) is 0.0368. The van der Waals surface area contributed by atoms with E-state index < -0.39 is 43.1 Å². The average Bonchev–Trinajstić information content (AvgIpc) is 4.16. The van der Waals surface area contributed by atoms with Crippen molar-refractivity contribution < 1.29 is 69.1 Å². The number of carbonyl (C=O) groups is 1. The second-order valence-electron chi connectivity index (χ2n) is 21.9. The van der Waals surface area contributed by atoms with Gasteiger partial charge in [-0.3, -0.25) is 19.9 Å². The molecule has 2 aliphatic carbocycles. The highest BCUT2D eigenvalue weighted by Gasteiger charge is 2.45. The van der Waals surface area contributed by atoms with E-state index in [2.05, 4.69) is 49.8 Å². The second-order valence-corrected chi connectivity index (χ2v) is 27.5. The molecule has 2 saturated carbocycles. The molecule has 432 valence electrons. The van der Waals surface area contributed by atoms with E-state index >= 15 is 0 Å². The first kappa shape index (κ1) is 62.3. The van der Waals surface area contributed by atoms with Gasteiger partial charge in [0.05, 0.1) is 35.6 Å². The van der Waals surface area contributed by atoms with Crippen LogP contribution in [0.25, 0.3) is 45.3 Å². The molecule has 8 rings (SSSR count). The first-order chi connectivity index (χ1) is 37.8. The van der Waals surface area contributed by atoms with Crippen LogP contribution in [0.3, 0.4) is 0 Å². The SMILES string of the molecule is COCC1(C(=O)OC(C)(C)C)CCC(Oc2ccc(-c3ccc(-c4nc(C(F)(F)F)nn4COCC[Si](C)(C)C)cn3)cc2)CC1.COCC1CCC(Oc2ccc(-c3ccc(-c4n[nH]c(C(F)(F)F)n4)cn3)cc2)CC1.O=C=O. The van der Waals surface area contributed by atoms with Gasteiger partial charge in [0.2, 0.25) is 5.82 Å². The molecule has 2 fully saturated rings. The van der Waals surface area contributed by atoms with Crippen LogP contribution in [-0.4, -0.2) is 112 Å². The molecule has 0 spiro atoms. The van der Waals surface area contributed by atoms with Crippen LogP contribution in [0.2, 0.25) is 25.7 Å². The van der Waals surface area contributed by atoms with Crippen molar-refractivity contribution in [1.29, 1.82) is 0 Å². The molecule has 0 bridgehead atoms. The van der Waals surface area contributed by atoms with Crippen molar-refractivity contribution in [1.82, 2.24) is 39.9 Å². The van der Waals surface area contributed by atoms with Gasteiger partial charge in [-0.05, 0) is 157 Å². The maximum Gasteiger partial charge on any atom is 0.453 e. The molecule has 4 aromatic heterocycles. The van der Waals surface area contributed by atoms with Gasteiger partial charge in [0, 0.05) is 70.2 Å². The molecule has 0 radical (unpaired) electrons. The van der Waals surface area contributed by atoms with E-state index in [-0.39, 0.29) is 42.7 Å². The molecule has 4 heterocycles. The molecule has 17 nitrogen and oxygen atoms in total. The topological polar surface area (TPSA) is 205 Å². The zero-order valence-corrected chi connectivity index (χ0v) is 47.1. The molecule has 2 aromatic carbocycles. The molecular weight excluding hydrogens is 1070 g/mol. The van der Waals surface area contributed by atoms with Crippen LogP contribution in [0, 0.1) is 11.3 Å². The molecule has 2 aliphatic rings. The van der Waals surface area contributed by atoms with Crippen LogP contribution >= 0.6 is 0 Å². The molecule has 80 heavy (non-hydrogen) atoms. The molecule has 0 saturated heterocycles. The number of nitrogens with one attached hydrogen (secondary N) is 1. The summed E-state index contributed by atoms with van der Waals surface area (Å²) in [6.45, 7) is 13.6. The summed E-state index contributed by atoms with van der Waals surface area (Å²) in [4.78, 5) is 45.3. The number of benzene rings is 2. The maximum absolute atomic E-state index is 13.4. The van der Waals surface area contributed by atoms with Gasteiger partial charge >= 0.3 is 24.5 Å². The fourth-order valence-corrected chi connectivity index (χ4v) is 9.74. The van der Waals surface area contributed by atoms with Crippen LogP contribution in [-0.2, 0) is 52.4 Å². The summed E-state index contributed by atoms with van der Waals surface area (Å²) < 4.78 is 114. The van der Waals surface area contributed by atoms with Crippen molar-refractivity contribution >= 4 is 20.2 Å². The Morgan fingerprint density at radius 3 is 1.69 bits per heavy atom. The number of carbonyl (C=O) groups excluding carboxylic acids is 3. The number of aromatic nitrogens is 8. The van der Waals surface area contributed by atoms with E-state index in [0.29, 0.717) is 73.1 Å². The predicted octanol–water partition coefficient (Wildman–Crippen LogP) is 12.2. The van der Waals surface area contributed by atoms with Crippen LogP contribution < -0.4 is 9.47 Å². The minimum atomic E-state index is -4.68. The lowest BCUT2D eigenvalue weighted by molar-refractivity contribution is -0.192. The molecule has 1 N–H and O–H groups in total. The van der Waals surface area contributed by atoms with Gasteiger partial charge in [0.25, 0.3) is 5.82 Å². The van der Waals surface area contributed by atoms with Crippen molar-refractivity contribution in [3.05, 3.63) is 96.8 Å². The van der Waals surface area contributed by atoms with Gasteiger partial charge in [0.1, 0.15) is 23.8 Å². The predicted molar refractivity (Wildman–Crippen MR) is 284 cm³/mol. The summed E-state index contributed by atoms with van der Waals surface area (Å²) in [6, 6.07) is 22.8. The number of ether oxygens (including phenoxy) is 6. The smallest absolute Gasteiger partial charge is 0.453 e. The molecule has 0 atom stereocenters. The minimum absolute atomic E-state index is 0.0387. The van der Waals surface area contributed by atoms with Crippen LogP contribution in [0.15, 0.2) is 85.2 Å². The van der Waals surface area contributed by atoms with Gasteiger partial charge in [-0.2, -0.15) is 41.0 Å². The standard InChI is InChI=1S/C33H45F3N4O5Si.C22H23F3N4O2.CO2/c1-31(2,3)45-30(41)32(21-42-4)16-14-26(15-17-32)44-25-11-8-23(9-12-25)27-13-10-24(20-37-27)28-38-29(33(34,35)36)39-40(28)22-43-18-19-46(5,6)7;1-30-13-14-2-7-17(8-3-14)31-18-9-4-15(5-10-18)19-11-6-16(12-26-19)20-27-21(29-28-20)22(23,24)25;2-1-3/h8-13,20,26H,14-19,21-22H2,1-7H3;4-6,9-12,14,17H,2-3,7-8,13H2,1H3,(H,27,28,29);. The second kappa shape index (κ2) is 27.5. The Labute approximate surface area is 461 Å². The van der Waals surface area contributed by atoms with Crippen LogP contribution in [0.4, 0.5) is 26.3 Å². The van der Waals surface area contributed by atoms with Crippen molar-refractivity contribution in [3.63, 3.8) is 0 Å². The number of H-pyrrole nitrogens is 1. The first-order valence-electron chi connectivity index (χ1n) is 26.1. The van der Waals surface area contributed by atoms with Gasteiger partial charge in [-0.1, -0.05) is 19.6 Å². The zero-order valence-electron chi connectivity index (χ0n) is 46.1. The maximum atomic E-state index is 13.4. The van der Waals surface area contributed by atoms with Gasteiger partial charge in [-0.15, -0.1) is 5.10 Å². The number of halogens is 6. The molecule has 0 aliphatic heterocycles. The molecule has 6 aromatic rings. The zero-order chi connectivity index (χ0) is 58.3. The Morgan fingerprint density at radius 2 is 1.24 bits per heavy atom. The monoisotopic (exact) mass is 1140 g/mol. The molecular formula is C56H68F6N8O9Si. The van der Waals surface area contributed by atoms with E-state index in [1.807, 2.05) is 74.4 Å². The normalized spacial score (nSPS) is 18.6. The summed E-state index contributed by atoms with van der Waals surface area (Å²) >= 11 is 0. The van der Waals surface area contributed by atoms with E-state index in [4.69, 9.17) is 38.0 Å². The summed E-state index contributed by atoms with van der Waals surface area (Å²) in [6.07, 6.45) is 1.00. The number of pyridine rings is 2. The number of hydrogen-bond donors (Lipinski definition) is 1. The Kier molecular flexibility index (Phi) is 21.5. The Bertz CT molecular complexity index is 2900. The van der Waals surface area contributed by atoms with E-state index in [0.717, 1.165) is 59.9 Å². The number of rotatable bonds is 18. The number of alkyl halides is 6. The third kappa shape index (κ3) is 18.3. The summed E-state index contributed by atoms with van der Waals surface area (Å²) in [7, 11) is 1.98. The van der Waals surface area contributed by atoms with Crippen molar-refractivity contribution in [2.45, 2.75) is 135 Å². The number of hydrogen-bond acceptors (Lipinski definition) is 15. The minimum Gasteiger partial charge on any atom is -0.490 e. The Balaban J connectivity index is 0.000000262. The highest BCUT2D eigenvalue weighted by molar-refractivity contribution is 6.76. The summed E-state index contributed by atoms with van der Waals surface area (Å²) in [5, 5.41) is 9.19. The van der Waals surface area contributed by atoms with Gasteiger partial charge in [-0.25, -0.2) is 14.6 Å². The first-order valence-corrected chi connectivity index (χ1v) is 29.8.